The molecule has 2 atom stereocenters. The van der Waals surface area contributed by atoms with E-state index in [1.54, 1.807) is 12.1 Å². The molecule has 0 saturated heterocycles. The molecule has 0 radical (unpaired) electrons. The molecule has 6 rings (SSSR count). The minimum Gasteiger partial charge on any atom is -0.481 e. The predicted molar refractivity (Wildman–Crippen MR) is 208 cm³/mol. The number of pyridine rings is 1. The molecule has 1 fully saturated rings. The minimum absolute atomic E-state index is 0.0649. The highest BCUT2D eigenvalue weighted by molar-refractivity contribution is 7.39. The Morgan fingerprint density at radius 1 is 0.904 bits per heavy atom. The Hall–Kier alpha value is -4.64. The molecule has 1 aliphatic rings. The normalized spacial score (nSPS) is 14.2. The molecule has 0 bridgehead atoms. The van der Waals surface area contributed by atoms with Crippen LogP contribution in [0.15, 0.2) is 121 Å². The van der Waals surface area contributed by atoms with Crippen LogP contribution < -0.4 is 10.4 Å². The molecular weight excluding hydrogens is 689 g/mol. The third-order valence-corrected chi connectivity index (χ3v) is 15.7. The zero-order chi connectivity index (χ0) is 36.7. The number of benzene rings is 4. The third kappa shape index (κ3) is 8.69. The lowest BCUT2D eigenvalue weighted by molar-refractivity contribution is -0.138. The van der Waals surface area contributed by atoms with Crippen LogP contribution in [0.25, 0.3) is 22.4 Å². The fraction of sp³-hybridized carbons (Fsp3) is 0.256. The van der Waals surface area contributed by atoms with Gasteiger partial charge in [0.15, 0.2) is 8.03 Å². The van der Waals surface area contributed by atoms with E-state index in [1.165, 1.54) is 12.1 Å². The van der Waals surface area contributed by atoms with Gasteiger partial charge in [0.2, 0.25) is 0 Å². The largest absolute Gasteiger partial charge is 0.481 e. The molecule has 1 N–H and O–H groups in total. The van der Waals surface area contributed by atoms with Crippen LogP contribution in [-0.4, -0.2) is 43.2 Å². The molecule has 52 heavy (non-hydrogen) atoms. The van der Waals surface area contributed by atoms with Gasteiger partial charge in [-0.15, -0.1) is 0 Å². The predicted octanol–water partition coefficient (Wildman–Crippen LogP) is 8.69. The smallest absolute Gasteiger partial charge is 0.305 e. The summed E-state index contributed by atoms with van der Waals surface area (Å²) < 4.78 is 40.3. The number of halogens is 1. The Labute approximate surface area is 307 Å². The SMILES string of the molecule is CC(C)(C)[Si](O[C@@H](CC(=O)O)C[PH](=O)OCC#Cc1c(-c2ccc(F)cc2)cc(-c2ccccc2)nc1C1CC1)(c1ccccc1)c1ccccc1. The van der Waals surface area contributed by atoms with Crippen molar-refractivity contribution in [3.8, 4) is 34.2 Å². The van der Waals surface area contributed by atoms with Crippen molar-refractivity contribution in [3.05, 3.63) is 138 Å². The van der Waals surface area contributed by atoms with Crippen molar-refractivity contribution in [3.63, 3.8) is 0 Å². The summed E-state index contributed by atoms with van der Waals surface area (Å²) >= 11 is 0. The van der Waals surface area contributed by atoms with Crippen molar-refractivity contribution < 1.29 is 27.8 Å². The molecule has 6 nitrogen and oxygen atoms in total. The lowest BCUT2D eigenvalue weighted by Crippen LogP contribution is -2.68. The van der Waals surface area contributed by atoms with E-state index in [0.29, 0.717) is 0 Å². The first-order chi connectivity index (χ1) is 25.0. The van der Waals surface area contributed by atoms with Gasteiger partial charge in [0.25, 0.3) is 8.32 Å². The van der Waals surface area contributed by atoms with Gasteiger partial charge >= 0.3 is 5.97 Å². The van der Waals surface area contributed by atoms with Gasteiger partial charge < -0.3 is 14.1 Å². The number of nitrogens with zero attached hydrogens (tertiary/aromatic N) is 1. The molecule has 1 unspecified atom stereocenters. The molecule has 0 amide bonds. The molecule has 1 aromatic heterocycles. The monoisotopic (exact) mass is 731 g/mol. The van der Waals surface area contributed by atoms with Gasteiger partial charge in [-0.3, -0.25) is 14.3 Å². The van der Waals surface area contributed by atoms with E-state index >= 15 is 0 Å². The summed E-state index contributed by atoms with van der Waals surface area (Å²) in [7, 11) is -5.88. The fourth-order valence-corrected chi connectivity index (χ4v) is 12.5. The molecule has 1 saturated carbocycles. The molecule has 0 aliphatic heterocycles. The molecule has 266 valence electrons. The zero-order valence-electron chi connectivity index (χ0n) is 29.6. The highest BCUT2D eigenvalue weighted by Crippen LogP contribution is 2.44. The Morgan fingerprint density at radius 3 is 2.02 bits per heavy atom. The van der Waals surface area contributed by atoms with Crippen molar-refractivity contribution in [2.24, 2.45) is 0 Å². The second-order valence-corrected chi connectivity index (χ2v) is 19.8. The van der Waals surface area contributed by atoms with Crippen LogP contribution in [0.4, 0.5) is 4.39 Å². The molecule has 9 heteroatoms. The maximum absolute atomic E-state index is 13.9. The van der Waals surface area contributed by atoms with E-state index in [0.717, 1.165) is 56.9 Å². The topological polar surface area (TPSA) is 85.7 Å². The number of aromatic nitrogens is 1. The first-order valence-corrected chi connectivity index (χ1v) is 21.0. The standard InChI is InChI=1S/C43H43FNO5PSi/c1-43(2,3)52(36-16-9-5-10-17-36,37-18-11-6-12-19-37)50-35(28-41(46)47)30-51(48)49-27-13-20-38-39(31-23-25-34(44)26-24-31)29-40(32-14-7-4-8-15-32)45-42(38)33-21-22-33/h4-12,14-19,23-26,29,33,35,51H,21-22,27-28,30H2,1-3H3,(H,46,47)/t35-/m0/s1. The Balaban J connectivity index is 1.27. The Morgan fingerprint density at radius 2 is 1.48 bits per heavy atom. The lowest BCUT2D eigenvalue weighted by Gasteiger charge is -2.45. The number of hydrogen-bond acceptors (Lipinski definition) is 5. The minimum atomic E-state index is -3.11. The van der Waals surface area contributed by atoms with Gasteiger partial charge in [-0.1, -0.05) is 136 Å². The highest BCUT2D eigenvalue weighted by atomic mass is 31.1. The number of hydrogen-bond donors (Lipinski definition) is 1. The van der Waals surface area contributed by atoms with E-state index < -0.39 is 28.4 Å². The lowest BCUT2D eigenvalue weighted by atomic mass is 9.95. The van der Waals surface area contributed by atoms with Crippen LogP contribution in [0.3, 0.4) is 0 Å². The summed E-state index contributed by atoms with van der Waals surface area (Å²) in [6.45, 7) is 6.22. The molecule has 1 heterocycles. The number of rotatable bonds is 13. The average molecular weight is 732 g/mol. The third-order valence-electron chi connectivity index (χ3n) is 9.31. The number of aliphatic carboxylic acids is 1. The summed E-state index contributed by atoms with van der Waals surface area (Å²) in [4.78, 5) is 17.2. The second kappa shape index (κ2) is 16.4. The summed E-state index contributed by atoms with van der Waals surface area (Å²) in [6.07, 6.45) is 0.766. The van der Waals surface area contributed by atoms with Crippen LogP contribution in [-0.2, 0) is 18.3 Å². The van der Waals surface area contributed by atoms with Crippen molar-refractivity contribution in [2.45, 2.75) is 57.1 Å². The van der Waals surface area contributed by atoms with Crippen LogP contribution in [0.2, 0.25) is 5.04 Å². The number of carboxylic acid groups (broad SMARTS) is 1. The van der Waals surface area contributed by atoms with Gasteiger partial charge in [0, 0.05) is 23.2 Å². The Bertz CT molecular complexity index is 2030. The van der Waals surface area contributed by atoms with Crippen LogP contribution in [0.5, 0.6) is 0 Å². The summed E-state index contributed by atoms with van der Waals surface area (Å²) in [6, 6.07) is 38.2. The van der Waals surface area contributed by atoms with Crippen LogP contribution in [0.1, 0.15) is 57.2 Å². The highest BCUT2D eigenvalue weighted by Gasteiger charge is 2.51. The van der Waals surface area contributed by atoms with Gasteiger partial charge in [-0.2, -0.15) is 0 Å². The molecule has 4 aromatic carbocycles. The van der Waals surface area contributed by atoms with Crippen molar-refractivity contribution >= 4 is 32.7 Å². The van der Waals surface area contributed by atoms with E-state index in [2.05, 4.69) is 32.6 Å². The number of carboxylic acids is 1. The molecule has 1 aliphatic carbocycles. The maximum Gasteiger partial charge on any atom is 0.305 e. The van der Waals surface area contributed by atoms with Crippen molar-refractivity contribution in [2.75, 3.05) is 12.8 Å². The fourth-order valence-electron chi connectivity index (χ4n) is 6.74. The molecule has 0 spiro atoms. The summed E-state index contributed by atoms with van der Waals surface area (Å²) in [5.41, 5.74) is 5.09. The van der Waals surface area contributed by atoms with Gasteiger partial charge in [-0.25, -0.2) is 4.39 Å². The summed E-state index contributed by atoms with van der Waals surface area (Å²) in [5, 5.41) is 11.6. The molecular formula is C43H43FNO5PSi. The van der Waals surface area contributed by atoms with E-state index in [-0.39, 0.29) is 36.0 Å². The van der Waals surface area contributed by atoms with Crippen LogP contribution in [0, 0.1) is 17.7 Å². The number of carbonyl (C=O) groups is 1. The van der Waals surface area contributed by atoms with Crippen molar-refractivity contribution in [1.29, 1.82) is 0 Å². The average Bonchev–Trinajstić information content (AvgIpc) is 3.99. The first-order valence-electron chi connectivity index (χ1n) is 17.6. The van der Waals surface area contributed by atoms with E-state index in [9.17, 15) is 18.9 Å². The maximum atomic E-state index is 13.9. The second-order valence-electron chi connectivity index (χ2n) is 14.1. The van der Waals surface area contributed by atoms with Gasteiger partial charge in [0.1, 0.15) is 12.4 Å². The van der Waals surface area contributed by atoms with Crippen LogP contribution >= 0.6 is 8.03 Å². The van der Waals surface area contributed by atoms with E-state index in [1.807, 2.05) is 97.1 Å². The molecule has 5 aromatic rings. The van der Waals surface area contributed by atoms with Gasteiger partial charge in [0.05, 0.1) is 29.5 Å². The summed E-state index contributed by atoms with van der Waals surface area (Å²) in [5.74, 6) is 5.23. The quantitative estimate of drug-likeness (QED) is 0.0741. The van der Waals surface area contributed by atoms with E-state index in [4.69, 9.17) is 13.9 Å². The first kappa shape index (κ1) is 37.1. The van der Waals surface area contributed by atoms with Gasteiger partial charge in [-0.05, 0) is 52.0 Å². The Kier molecular flexibility index (Phi) is 11.7. The zero-order valence-corrected chi connectivity index (χ0v) is 31.6. The van der Waals surface area contributed by atoms with Crippen molar-refractivity contribution in [1.82, 2.24) is 4.98 Å².